The Morgan fingerprint density at radius 2 is 2.21 bits per heavy atom. The van der Waals surface area contributed by atoms with Crippen LogP contribution in [-0.4, -0.2) is 11.1 Å². The number of aryl methyl sites for hydroxylation is 1. The van der Waals surface area contributed by atoms with Crippen LogP contribution in [0.3, 0.4) is 0 Å². The van der Waals surface area contributed by atoms with Gasteiger partial charge in [-0.2, -0.15) is 0 Å². The number of hydrogen-bond donors (Lipinski definition) is 1. The maximum atomic E-state index is 11.0. The Morgan fingerprint density at radius 1 is 1.57 bits per heavy atom. The predicted molar refractivity (Wildman–Crippen MR) is 56.9 cm³/mol. The summed E-state index contributed by atoms with van der Waals surface area (Å²) in [5.74, 6) is -1.24. The van der Waals surface area contributed by atoms with Gasteiger partial charge in [0.2, 0.25) is 0 Å². The fourth-order valence-corrected chi connectivity index (χ4v) is 1.69. The van der Waals surface area contributed by atoms with Crippen LogP contribution in [0.25, 0.3) is 0 Å². The number of benzene rings is 1. The van der Waals surface area contributed by atoms with Crippen LogP contribution in [0.15, 0.2) is 18.2 Å². The molecule has 1 unspecified atom stereocenters. The summed E-state index contributed by atoms with van der Waals surface area (Å²) in [6.45, 7) is 3.76. The molecule has 76 valence electrons. The third-order valence-corrected chi connectivity index (χ3v) is 2.56. The highest BCUT2D eigenvalue weighted by molar-refractivity contribution is 6.30. The fourth-order valence-electron chi connectivity index (χ4n) is 1.51. The Kier molecular flexibility index (Phi) is 3.53. The van der Waals surface area contributed by atoms with Crippen LogP contribution in [0.4, 0.5) is 0 Å². The van der Waals surface area contributed by atoms with Crippen LogP contribution in [0, 0.1) is 6.92 Å². The molecule has 0 heterocycles. The van der Waals surface area contributed by atoms with Gasteiger partial charge in [0, 0.05) is 5.02 Å². The molecular weight excluding hydrogens is 200 g/mol. The number of carbonyl (C=O) groups is 1. The molecule has 2 nitrogen and oxygen atoms in total. The number of carboxylic acids is 1. The van der Waals surface area contributed by atoms with E-state index in [1.165, 1.54) is 0 Å². The van der Waals surface area contributed by atoms with Crippen LogP contribution in [0.5, 0.6) is 0 Å². The highest BCUT2D eigenvalue weighted by atomic mass is 35.5. The maximum absolute atomic E-state index is 11.0. The molecule has 0 fully saturated rings. The minimum atomic E-state index is -0.794. The molecule has 1 aromatic carbocycles. The molecule has 0 saturated carbocycles. The first-order valence-electron chi connectivity index (χ1n) is 4.55. The summed E-state index contributed by atoms with van der Waals surface area (Å²) in [5, 5.41) is 9.59. The number of carboxylic acid groups (broad SMARTS) is 1. The standard InChI is InChI=1S/C11H13ClO2/c1-3-9(11(13)14)10-6-8(12)5-4-7(10)2/h4-6,9H,3H2,1-2H3,(H,13,14). The Labute approximate surface area is 88.5 Å². The Bertz CT molecular complexity index is 347. The first-order valence-corrected chi connectivity index (χ1v) is 4.93. The second-order valence-electron chi connectivity index (χ2n) is 3.30. The Hall–Kier alpha value is -1.02. The molecule has 1 atom stereocenters. The monoisotopic (exact) mass is 212 g/mol. The average Bonchev–Trinajstić information content (AvgIpc) is 2.11. The molecule has 0 bridgehead atoms. The molecule has 14 heavy (non-hydrogen) atoms. The van der Waals surface area contributed by atoms with Crippen molar-refractivity contribution in [2.24, 2.45) is 0 Å². The van der Waals surface area contributed by atoms with Crippen molar-refractivity contribution in [2.45, 2.75) is 26.2 Å². The van der Waals surface area contributed by atoms with Crippen molar-refractivity contribution in [3.63, 3.8) is 0 Å². The van der Waals surface area contributed by atoms with Gasteiger partial charge in [0.05, 0.1) is 5.92 Å². The van der Waals surface area contributed by atoms with E-state index >= 15 is 0 Å². The van der Waals surface area contributed by atoms with Crippen molar-refractivity contribution in [3.8, 4) is 0 Å². The zero-order chi connectivity index (χ0) is 10.7. The average molecular weight is 213 g/mol. The molecule has 0 aliphatic carbocycles. The number of rotatable bonds is 3. The van der Waals surface area contributed by atoms with Gasteiger partial charge in [0.1, 0.15) is 0 Å². The molecule has 1 aromatic rings. The second kappa shape index (κ2) is 4.47. The van der Waals surface area contributed by atoms with Gasteiger partial charge in [-0.15, -0.1) is 0 Å². The van der Waals surface area contributed by atoms with E-state index in [-0.39, 0.29) is 0 Å². The number of aliphatic carboxylic acids is 1. The summed E-state index contributed by atoms with van der Waals surface area (Å²) in [5.41, 5.74) is 1.79. The summed E-state index contributed by atoms with van der Waals surface area (Å²) >= 11 is 5.83. The first kappa shape index (κ1) is 11.1. The minimum Gasteiger partial charge on any atom is -0.481 e. The molecule has 0 aliphatic rings. The van der Waals surface area contributed by atoms with Crippen molar-refractivity contribution in [2.75, 3.05) is 0 Å². The van der Waals surface area contributed by atoms with Gasteiger partial charge in [-0.1, -0.05) is 24.6 Å². The van der Waals surface area contributed by atoms with Crippen molar-refractivity contribution in [1.82, 2.24) is 0 Å². The number of halogens is 1. The first-order chi connectivity index (χ1) is 6.56. The largest absolute Gasteiger partial charge is 0.481 e. The number of hydrogen-bond acceptors (Lipinski definition) is 1. The van der Waals surface area contributed by atoms with Gasteiger partial charge >= 0.3 is 5.97 Å². The summed E-state index contributed by atoms with van der Waals surface area (Å²) in [6.07, 6.45) is 0.580. The van der Waals surface area contributed by atoms with Crippen molar-refractivity contribution >= 4 is 17.6 Å². The van der Waals surface area contributed by atoms with Gasteiger partial charge in [0.15, 0.2) is 0 Å². The molecule has 1 rings (SSSR count). The molecule has 0 aliphatic heterocycles. The van der Waals surface area contributed by atoms with Gasteiger partial charge < -0.3 is 5.11 Å². The van der Waals surface area contributed by atoms with E-state index in [1.54, 1.807) is 12.1 Å². The molecule has 3 heteroatoms. The summed E-state index contributed by atoms with van der Waals surface area (Å²) < 4.78 is 0. The zero-order valence-electron chi connectivity index (χ0n) is 8.25. The molecule has 0 saturated heterocycles. The third kappa shape index (κ3) is 2.26. The fraction of sp³-hybridized carbons (Fsp3) is 0.364. The molecule has 0 amide bonds. The summed E-state index contributed by atoms with van der Waals surface area (Å²) in [6, 6.07) is 5.36. The lowest BCUT2D eigenvalue weighted by atomic mass is 9.93. The van der Waals surface area contributed by atoms with Crippen LogP contribution in [0.1, 0.15) is 30.4 Å². The predicted octanol–water partition coefficient (Wildman–Crippen LogP) is 3.23. The van der Waals surface area contributed by atoms with E-state index in [2.05, 4.69) is 0 Å². The lowest BCUT2D eigenvalue weighted by molar-refractivity contribution is -0.138. The lowest BCUT2D eigenvalue weighted by Gasteiger charge is -2.13. The highest BCUT2D eigenvalue weighted by Gasteiger charge is 2.19. The Morgan fingerprint density at radius 3 is 2.71 bits per heavy atom. The van der Waals surface area contributed by atoms with Crippen molar-refractivity contribution < 1.29 is 9.90 Å². The van der Waals surface area contributed by atoms with Crippen LogP contribution in [-0.2, 0) is 4.79 Å². The summed E-state index contributed by atoms with van der Waals surface area (Å²) in [4.78, 5) is 11.0. The van der Waals surface area contributed by atoms with E-state index < -0.39 is 11.9 Å². The highest BCUT2D eigenvalue weighted by Crippen LogP contribution is 2.26. The molecular formula is C11H13ClO2. The van der Waals surface area contributed by atoms with Gasteiger partial charge in [-0.3, -0.25) is 4.79 Å². The van der Waals surface area contributed by atoms with Gasteiger partial charge in [-0.05, 0) is 36.6 Å². The quantitative estimate of drug-likeness (QED) is 0.835. The van der Waals surface area contributed by atoms with E-state index in [4.69, 9.17) is 16.7 Å². The Balaban J connectivity index is 3.15. The third-order valence-electron chi connectivity index (χ3n) is 2.32. The zero-order valence-corrected chi connectivity index (χ0v) is 9.01. The van der Waals surface area contributed by atoms with E-state index in [9.17, 15) is 4.79 Å². The summed E-state index contributed by atoms with van der Waals surface area (Å²) in [7, 11) is 0. The maximum Gasteiger partial charge on any atom is 0.310 e. The molecule has 0 aromatic heterocycles. The second-order valence-corrected chi connectivity index (χ2v) is 3.74. The van der Waals surface area contributed by atoms with Crippen molar-refractivity contribution in [1.29, 1.82) is 0 Å². The van der Waals surface area contributed by atoms with Crippen LogP contribution in [0.2, 0.25) is 5.02 Å². The van der Waals surface area contributed by atoms with E-state index in [1.807, 2.05) is 19.9 Å². The smallest absolute Gasteiger partial charge is 0.310 e. The SMILES string of the molecule is CCC(C(=O)O)c1cc(Cl)ccc1C. The molecule has 1 N–H and O–H groups in total. The van der Waals surface area contributed by atoms with E-state index in [0.29, 0.717) is 11.4 Å². The molecule has 0 radical (unpaired) electrons. The lowest BCUT2D eigenvalue weighted by Crippen LogP contribution is -2.11. The normalized spacial score (nSPS) is 12.5. The van der Waals surface area contributed by atoms with E-state index in [0.717, 1.165) is 11.1 Å². The van der Waals surface area contributed by atoms with Crippen LogP contribution >= 0.6 is 11.6 Å². The topological polar surface area (TPSA) is 37.3 Å². The molecule has 0 spiro atoms. The minimum absolute atomic E-state index is 0.450. The van der Waals surface area contributed by atoms with Gasteiger partial charge in [0.25, 0.3) is 0 Å². The van der Waals surface area contributed by atoms with Gasteiger partial charge in [-0.25, -0.2) is 0 Å². The van der Waals surface area contributed by atoms with Crippen molar-refractivity contribution in [3.05, 3.63) is 34.3 Å². The van der Waals surface area contributed by atoms with Crippen LogP contribution < -0.4 is 0 Å².